The fraction of sp³-hybridized carbons (Fsp3) is 0.733. The highest BCUT2D eigenvalue weighted by Crippen LogP contribution is 2.20. The van der Waals surface area contributed by atoms with E-state index in [0.717, 1.165) is 31.9 Å². The van der Waals surface area contributed by atoms with Gasteiger partial charge in [0.15, 0.2) is 0 Å². The zero-order valence-corrected chi connectivity index (χ0v) is 13.3. The summed E-state index contributed by atoms with van der Waals surface area (Å²) < 4.78 is 3.93. The lowest BCUT2D eigenvalue weighted by Gasteiger charge is -2.35. The van der Waals surface area contributed by atoms with Crippen molar-refractivity contribution in [2.24, 2.45) is 0 Å². The van der Waals surface area contributed by atoms with E-state index < -0.39 is 0 Å². The quantitative estimate of drug-likeness (QED) is 0.776. The first-order chi connectivity index (χ1) is 10.8. The minimum atomic E-state index is 0.688. The van der Waals surface area contributed by atoms with Crippen LogP contribution in [0.5, 0.6) is 0 Å². The standard InChI is InChI=1S/C15H25N7/c1-14-17-18-19-22(14)12-5-10-20-9-3-2-6-15(20)7-13-21-11-4-8-16-21/h4,8,11,15H,2-3,5-7,9-10,12-13H2,1H3/t15-/m1/s1. The molecule has 0 radical (unpaired) electrons. The Balaban J connectivity index is 1.46. The summed E-state index contributed by atoms with van der Waals surface area (Å²) in [5, 5.41) is 16.0. The molecule has 0 bridgehead atoms. The molecule has 7 heteroatoms. The van der Waals surface area contributed by atoms with E-state index in [9.17, 15) is 0 Å². The van der Waals surface area contributed by atoms with Gasteiger partial charge >= 0.3 is 0 Å². The molecule has 1 fully saturated rings. The molecule has 3 heterocycles. The van der Waals surface area contributed by atoms with Gasteiger partial charge in [0.1, 0.15) is 5.82 Å². The van der Waals surface area contributed by atoms with Crippen LogP contribution in [0.25, 0.3) is 0 Å². The molecule has 120 valence electrons. The molecule has 3 rings (SSSR count). The number of hydrogen-bond donors (Lipinski definition) is 0. The molecule has 22 heavy (non-hydrogen) atoms. The minimum absolute atomic E-state index is 0.688. The van der Waals surface area contributed by atoms with Crippen LogP contribution in [0, 0.1) is 6.92 Å². The van der Waals surface area contributed by atoms with Crippen molar-refractivity contribution in [1.82, 2.24) is 34.9 Å². The van der Waals surface area contributed by atoms with Gasteiger partial charge in [0.25, 0.3) is 0 Å². The summed E-state index contributed by atoms with van der Waals surface area (Å²) >= 11 is 0. The van der Waals surface area contributed by atoms with E-state index in [1.165, 1.54) is 32.2 Å². The fourth-order valence-corrected chi connectivity index (χ4v) is 3.27. The Morgan fingerprint density at radius 1 is 1.23 bits per heavy atom. The zero-order chi connectivity index (χ0) is 15.2. The Hall–Kier alpha value is -1.76. The number of aryl methyl sites for hydroxylation is 3. The molecule has 1 aliphatic heterocycles. The Morgan fingerprint density at radius 2 is 2.18 bits per heavy atom. The molecule has 1 atom stereocenters. The molecule has 7 nitrogen and oxygen atoms in total. The summed E-state index contributed by atoms with van der Waals surface area (Å²) in [6.45, 7) is 6.22. The number of hydrogen-bond acceptors (Lipinski definition) is 5. The van der Waals surface area contributed by atoms with Crippen LogP contribution in [0.1, 0.15) is 37.9 Å². The number of tetrazole rings is 1. The summed E-state index contributed by atoms with van der Waals surface area (Å²) in [5.41, 5.74) is 0. The predicted molar refractivity (Wildman–Crippen MR) is 83.2 cm³/mol. The van der Waals surface area contributed by atoms with Gasteiger partial charge in [-0.2, -0.15) is 5.10 Å². The first-order valence-electron chi connectivity index (χ1n) is 8.27. The van der Waals surface area contributed by atoms with E-state index in [-0.39, 0.29) is 0 Å². The lowest BCUT2D eigenvalue weighted by Crippen LogP contribution is -2.41. The fourth-order valence-electron chi connectivity index (χ4n) is 3.27. The van der Waals surface area contributed by atoms with Gasteiger partial charge in [0.2, 0.25) is 0 Å². The molecule has 0 unspecified atom stereocenters. The van der Waals surface area contributed by atoms with Crippen LogP contribution in [0.15, 0.2) is 18.5 Å². The highest BCUT2D eigenvalue weighted by Gasteiger charge is 2.21. The molecular formula is C15H25N7. The van der Waals surface area contributed by atoms with Crippen molar-refractivity contribution in [2.75, 3.05) is 13.1 Å². The summed E-state index contributed by atoms with van der Waals surface area (Å²) in [6, 6.07) is 2.68. The smallest absolute Gasteiger partial charge is 0.148 e. The molecule has 1 aliphatic rings. The molecular weight excluding hydrogens is 278 g/mol. The van der Waals surface area contributed by atoms with Gasteiger partial charge in [-0.05, 0) is 55.6 Å². The summed E-state index contributed by atoms with van der Waals surface area (Å²) in [7, 11) is 0. The number of likely N-dealkylation sites (tertiary alicyclic amines) is 1. The van der Waals surface area contributed by atoms with E-state index in [0.29, 0.717) is 6.04 Å². The SMILES string of the molecule is Cc1nnnn1CCCN1CCCC[C@@H]1CCn1cccn1. The lowest BCUT2D eigenvalue weighted by molar-refractivity contribution is 0.131. The van der Waals surface area contributed by atoms with E-state index in [1.807, 2.05) is 34.7 Å². The van der Waals surface area contributed by atoms with Gasteiger partial charge in [-0.1, -0.05) is 6.42 Å². The number of aromatic nitrogens is 6. The van der Waals surface area contributed by atoms with Crippen molar-refractivity contribution in [3.8, 4) is 0 Å². The van der Waals surface area contributed by atoms with Crippen molar-refractivity contribution >= 4 is 0 Å². The minimum Gasteiger partial charge on any atom is -0.300 e. The van der Waals surface area contributed by atoms with Gasteiger partial charge in [-0.3, -0.25) is 4.68 Å². The third kappa shape index (κ3) is 3.91. The second kappa shape index (κ2) is 7.49. The zero-order valence-electron chi connectivity index (χ0n) is 13.3. The largest absolute Gasteiger partial charge is 0.300 e. The monoisotopic (exact) mass is 303 g/mol. The maximum Gasteiger partial charge on any atom is 0.148 e. The van der Waals surface area contributed by atoms with Gasteiger partial charge in [0.05, 0.1) is 0 Å². The Labute approximate surface area is 131 Å². The number of piperidine rings is 1. The Bertz CT molecular complexity index is 548. The van der Waals surface area contributed by atoms with Crippen molar-refractivity contribution in [2.45, 2.75) is 58.2 Å². The maximum atomic E-state index is 4.30. The molecule has 0 aliphatic carbocycles. The normalized spacial score (nSPS) is 19.6. The van der Waals surface area contributed by atoms with E-state index in [1.54, 1.807) is 0 Å². The van der Waals surface area contributed by atoms with E-state index >= 15 is 0 Å². The molecule has 0 saturated carbocycles. The van der Waals surface area contributed by atoms with Crippen LogP contribution in [0.3, 0.4) is 0 Å². The lowest BCUT2D eigenvalue weighted by atomic mass is 9.99. The molecule has 2 aromatic rings. The van der Waals surface area contributed by atoms with E-state index in [2.05, 4.69) is 25.5 Å². The first kappa shape index (κ1) is 15.1. The molecule has 1 saturated heterocycles. The van der Waals surface area contributed by atoms with Crippen LogP contribution in [0.4, 0.5) is 0 Å². The third-order valence-electron chi connectivity index (χ3n) is 4.53. The molecule has 0 amide bonds. The van der Waals surface area contributed by atoms with Crippen molar-refractivity contribution in [3.63, 3.8) is 0 Å². The average Bonchev–Trinajstić information content (AvgIpc) is 3.18. The number of nitrogens with zero attached hydrogens (tertiary/aromatic N) is 7. The van der Waals surface area contributed by atoms with Crippen LogP contribution < -0.4 is 0 Å². The van der Waals surface area contributed by atoms with Crippen LogP contribution in [-0.2, 0) is 13.1 Å². The van der Waals surface area contributed by atoms with Gasteiger partial charge in [-0.15, -0.1) is 5.10 Å². The summed E-state index contributed by atoms with van der Waals surface area (Å²) in [4.78, 5) is 2.65. The maximum absolute atomic E-state index is 4.30. The van der Waals surface area contributed by atoms with Crippen LogP contribution in [-0.4, -0.2) is 54.0 Å². The van der Waals surface area contributed by atoms with Crippen molar-refractivity contribution in [3.05, 3.63) is 24.3 Å². The van der Waals surface area contributed by atoms with E-state index in [4.69, 9.17) is 0 Å². The topological polar surface area (TPSA) is 64.7 Å². The average molecular weight is 303 g/mol. The molecule has 0 aromatic carbocycles. The highest BCUT2D eigenvalue weighted by atomic mass is 15.5. The second-order valence-corrected chi connectivity index (χ2v) is 6.05. The molecule has 2 aromatic heterocycles. The first-order valence-corrected chi connectivity index (χ1v) is 8.27. The Kier molecular flexibility index (Phi) is 5.15. The third-order valence-corrected chi connectivity index (χ3v) is 4.53. The summed E-state index contributed by atoms with van der Waals surface area (Å²) in [5.74, 6) is 0.897. The molecule has 0 spiro atoms. The van der Waals surface area contributed by atoms with Crippen molar-refractivity contribution in [1.29, 1.82) is 0 Å². The number of rotatable bonds is 7. The van der Waals surface area contributed by atoms with Gasteiger partial charge in [-0.25, -0.2) is 4.68 Å². The predicted octanol–water partition coefficient (Wildman–Crippen LogP) is 1.51. The van der Waals surface area contributed by atoms with Gasteiger partial charge < -0.3 is 4.90 Å². The van der Waals surface area contributed by atoms with Crippen molar-refractivity contribution < 1.29 is 0 Å². The summed E-state index contributed by atoms with van der Waals surface area (Å²) in [6.07, 6.45) is 10.2. The second-order valence-electron chi connectivity index (χ2n) is 6.05. The van der Waals surface area contributed by atoms with Crippen LogP contribution >= 0.6 is 0 Å². The van der Waals surface area contributed by atoms with Crippen LogP contribution in [0.2, 0.25) is 0 Å². The highest BCUT2D eigenvalue weighted by molar-refractivity contribution is 4.81. The van der Waals surface area contributed by atoms with Gasteiger partial charge in [0, 0.05) is 38.1 Å². The molecule has 0 N–H and O–H groups in total. The Morgan fingerprint density at radius 3 is 2.95 bits per heavy atom.